The Morgan fingerprint density at radius 1 is 1.23 bits per heavy atom. The third kappa shape index (κ3) is 9.72. The standard InChI is InChI=1S/C10H20O2P/c1-3-5-6-7-8-9-10-13(11)12-4-2/h9-10H,3-8H2,1-2H3/q+1/b10-9+. The Bertz CT molecular complexity index is 155. The summed E-state index contributed by atoms with van der Waals surface area (Å²) < 4.78 is 15.9. The normalized spacial score (nSPS) is 12.3. The first-order valence-electron chi connectivity index (χ1n) is 5.07. The fourth-order valence-corrected chi connectivity index (χ4v) is 1.68. The van der Waals surface area contributed by atoms with Crippen molar-refractivity contribution >= 4 is 8.03 Å². The molecule has 3 heteroatoms. The van der Waals surface area contributed by atoms with Crippen LogP contribution in [0.3, 0.4) is 0 Å². The van der Waals surface area contributed by atoms with Gasteiger partial charge in [0.15, 0.2) is 5.82 Å². The van der Waals surface area contributed by atoms with Gasteiger partial charge in [0, 0.05) is 0 Å². The molecular weight excluding hydrogens is 183 g/mol. The lowest BCUT2D eigenvalue weighted by Gasteiger charge is -1.91. The molecule has 0 saturated heterocycles. The molecule has 0 aliphatic carbocycles. The molecule has 0 saturated carbocycles. The first kappa shape index (κ1) is 12.8. The maximum Gasteiger partial charge on any atom is 0.540 e. The SMILES string of the molecule is CCCCCC/C=C/[P+](=O)OCC. The second-order valence-corrected chi connectivity index (χ2v) is 4.06. The molecule has 0 aliphatic heterocycles. The molecular formula is C10H20O2P+. The van der Waals surface area contributed by atoms with Crippen molar-refractivity contribution in [1.82, 2.24) is 0 Å². The van der Waals surface area contributed by atoms with Crippen LogP contribution in [0.15, 0.2) is 11.9 Å². The van der Waals surface area contributed by atoms with Crippen LogP contribution in [0, 0.1) is 0 Å². The van der Waals surface area contributed by atoms with Crippen LogP contribution in [0.5, 0.6) is 0 Å². The Hall–Kier alpha value is -0.200. The van der Waals surface area contributed by atoms with Crippen LogP contribution in [0.2, 0.25) is 0 Å². The van der Waals surface area contributed by atoms with Gasteiger partial charge in [0.25, 0.3) is 0 Å². The average molecular weight is 203 g/mol. The van der Waals surface area contributed by atoms with Crippen molar-refractivity contribution in [3.63, 3.8) is 0 Å². The third-order valence-electron chi connectivity index (χ3n) is 1.71. The summed E-state index contributed by atoms with van der Waals surface area (Å²) in [7, 11) is -1.54. The predicted molar refractivity (Wildman–Crippen MR) is 57.1 cm³/mol. The number of allylic oxidation sites excluding steroid dienone is 1. The molecule has 0 aliphatic rings. The first-order valence-corrected chi connectivity index (χ1v) is 6.31. The molecule has 76 valence electrons. The van der Waals surface area contributed by atoms with Crippen molar-refractivity contribution in [2.75, 3.05) is 6.61 Å². The Kier molecular flexibility index (Phi) is 9.73. The fourth-order valence-electron chi connectivity index (χ4n) is 1.02. The second-order valence-electron chi connectivity index (χ2n) is 2.94. The van der Waals surface area contributed by atoms with Gasteiger partial charge >= 0.3 is 8.03 Å². The minimum Gasteiger partial charge on any atom is -0.143 e. The van der Waals surface area contributed by atoms with Crippen LogP contribution >= 0.6 is 8.03 Å². The van der Waals surface area contributed by atoms with E-state index in [1.165, 1.54) is 25.7 Å². The molecule has 0 aromatic heterocycles. The van der Waals surface area contributed by atoms with Crippen LogP contribution in [0.25, 0.3) is 0 Å². The predicted octanol–water partition coefficient (Wildman–Crippen LogP) is 4.25. The van der Waals surface area contributed by atoms with Gasteiger partial charge in [0.2, 0.25) is 0 Å². The van der Waals surface area contributed by atoms with Crippen molar-refractivity contribution < 1.29 is 9.09 Å². The molecule has 0 spiro atoms. The monoisotopic (exact) mass is 203 g/mol. The zero-order chi connectivity index (χ0) is 9.94. The number of rotatable bonds is 8. The van der Waals surface area contributed by atoms with Gasteiger partial charge in [0.1, 0.15) is 6.61 Å². The quantitative estimate of drug-likeness (QED) is 0.435. The fraction of sp³-hybridized carbons (Fsp3) is 0.800. The highest BCUT2D eigenvalue weighted by molar-refractivity contribution is 7.42. The lowest BCUT2D eigenvalue weighted by atomic mass is 10.2. The van der Waals surface area contributed by atoms with E-state index in [1.54, 1.807) is 5.82 Å². The summed E-state index contributed by atoms with van der Waals surface area (Å²) in [6, 6.07) is 0. The van der Waals surface area contributed by atoms with E-state index in [-0.39, 0.29) is 0 Å². The van der Waals surface area contributed by atoms with E-state index in [9.17, 15) is 4.57 Å². The van der Waals surface area contributed by atoms with Gasteiger partial charge in [-0.2, -0.15) is 0 Å². The summed E-state index contributed by atoms with van der Waals surface area (Å²) in [4.78, 5) is 0. The van der Waals surface area contributed by atoms with E-state index >= 15 is 0 Å². The summed E-state index contributed by atoms with van der Waals surface area (Å²) in [5.41, 5.74) is 0. The molecule has 1 atom stereocenters. The average Bonchev–Trinajstić information content (AvgIpc) is 2.11. The van der Waals surface area contributed by atoms with E-state index in [1.807, 2.05) is 13.0 Å². The Balaban J connectivity index is 3.25. The molecule has 0 aromatic carbocycles. The summed E-state index contributed by atoms with van der Waals surface area (Å²) in [6.45, 7) is 4.57. The Labute approximate surface area is 82.2 Å². The van der Waals surface area contributed by atoms with Crippen LogP contribution in [0.1, 0.15) is 46.0 Å². The van der Waals surface area contributed by atoms with Crippen molar-refractivity contribution in [1.29, 1.82) is 0 Å². The minimum atomic E-state index is -1.54. The van der Waals surface area contributed by atoms with Crippen molar-refractivity contribution in [3.8, 4) is 0 Å². The summed E-state index contributed by atoms with van der Waals surface area (Å²) >= 11 is 0. The highest BCUT2D eigenvalue weighted by Crippen LogP contribution is 2.23. The summed E-state index contributed by atoms with van der Waals surface area (Å²) in [5, 5.41) is 0. The smallest absolute Gasteiger partial charge is 0.143 e. The van der Waals surface area contributed by atoms with E-state index in [2.05, 4.69) is 6.92 Å². The molecule has 0 rings (SSSR count). The lowest BCUT2D eigenvalue weighted by molar-refractivity contribution is 0.356. The molecule has 0 bridgehead atoms. The molecule has 0 amide bonds. The highest BCUT2D eigenvalue weighted by atomic mass is 31.1. The maximum absolute atomic E-state index is 11.0. The highest BCUT2D eigenvalue weighted by Gasteiger charge is 2.08. The Morgan fingerprint density at radius 2 is 2.00 bits per heavy atom. The van der Waals surface area contributed by atoms with Crippen LogP contribution in [0.4, 0.5) is 0 Å². The molecule has 13 heavy (non-hydrogen) atoms. The van der Waals surface area contributed by atoms with Gasteiger partial charge < -0.3 is 0 Å². The largest absolute Gasteiger partial charge is 0.540 e. The van der Waals surface area contributed by atoms with Crippen LogP contribution in [-0.4, -0.2) is 6.61 Å². The molecule has 2 nitrogen and oxygen atoms in total. The molecule has 0 heterocycles. The molecule has 0 fully saturated rings. The van der Waals surface area contributed by atoms with Gasteiger partial charge in [0.05, 0.1) is 0 Å². The molecule has 0 radical (unpaired) electrons. The van der Waals surface area contributed by atoms with E-state index in [0.717, 1.165) is 6.42 Å². The third-order valence-corrected chi connectivity index (χ3v) is 2.67. The zero-order valence-corrected chi connectivity index (χ0v) is 9.56. The Morgan fingerprint density at radius 3 is 2.62 bits per heavy atom. The maximum atomic E-state index is 11.0. The zero-order valence-electron chi connectivity index (χ0n) is 8.66. The van der Waals surface area contributed by atoms with Gasteiger partial charge in [-0.3, -0.25) is 0 Å². The molecule has 1 unspecified atom stereocenters. The summed E-state index contributed by atoms with van der Waals surface area (Å²) in [5.74, 6) is 1.67. The molecule has 0 N–H and O–H groups in total. The first-order chi connectivity index (χ1) is 6.31. The van der Waals surface area contributed by atoms with Crippen molar-refractivity contribution in [2.24, 2.45) is 0 Å². The summed E-state index contributed by atoms with van der Waals surface area (Å²) in [6.07, 6.45) is 8.01. The van der Waals surface area contributed by atoms with E-state index in [0.29, 0.717) is 6.61 Å². The second kappa shape index (κ2) is 9.88. The topological polar surface area (TPSA) is 26.3 Å². The van der Waals surface area contributed by atoms with E-state index < -0.39 is 8.03 Å². The molecule has 0 aromatic rings. The van der Waals surface area contributed by atoms with E-state index in [4.69, 9.17) is 4.52 Å². The van der Waals surface area contributed by atoms with Gasteiger partial charge in [-0.15, -0.1) is 4.52 Å². The minimum absolute atomic E-state index is 0.523. The lowest BCUT2D eigenvalue weighted by Crippen LogP contribution is -1.75. The van der Waals surface area contributed by atoms with Crippen LogP contribution in [-0.2, 0) is 9.09 Å². The van der Waals surface area contributed by atoms with Crippen molar-refractivity contribution in [2.45, 2.75) is 46.0 Å². The number of hydrogen-bond acceptors (Lipinski definition) is 2. The van der Waals surface area contributed by atoms with Gasteiger partial charge in [-0.05, 0) is 30.4 Å². The van der Waals surface area contributed by atoms with Crippen LogP contribution < -0.4 is 0 Å². The van der Waals surface area contributed by atoms with Gasteiger partial charge in [-0.25, -0.2) is 0 Å². The number of unbranched alkanes of at least 4 members (excludes halogenated alkanes) is 4. The van der Waals surface area contributed by atoms with Crippen molar-refractivity contribution in [3.05, 3.63) is 11.9 Å². The number of hydrogen-bond donors (Lipinski definition) is 0. The van der Waals surface area contributed by atoms with Gasteiger partial charge in [-0.1, -0.05) is 26.2 Å².